The van der Waals surface area contributed by atoms with E-state index in [0.717, 1.165) is 0 Å². The van der Waals surface area contributed by atoms with Gasteiger partial charge < -0.3 is 19.9 Å². The van der Waals surface area contributed by atoms with Crippen molar-refractivity contribution in [2.75, 3.05) is 13.1 Å². The van der Waals surface area contributed by atoms with Gasteiger partial charge in [-0.25, -0.2) is 4.79 Å². The van der Waals surface area contributed by atoms with Gasteiger partial charge in [0.25, 0.3) is 17.7 Å². The monoisotopic (exact) mass is 510 g/mol. The van der Waals surface area contributed by atoms with Gasteiger partial charge in [-0.1, -0.05) is 29.8 Å². The van der Waals surface area contributed by atoms with Gasteiger partial charge in [-0.3, -0.25) is 19.7 Å². The number of carbonyl (C=O) groups is 4. The fraction of sp³-hybridized carbons (Fsp3) is 0.308. The van der Waals surface area contributed by atoms with Gasteiger partial charge in [-0.05, 0) is 51.0 Å². The zero-order valence-electron chi connectivity index (χ0n) is 20.5. The van der Waals surface area contributed by atoms with Crippen LogP contribution in [0.3, 0.4) is 0 Å². The smallest absolute Gasteiger partial charge is 0.407 e. The van der Waals surface area contributed by atoms with E-state index >= 15 is 0 Å². The molecule has 0 atom stereocenters. The van der Waals surface area contributed by atoms with Crippen molar-refractivity contribution in [1.29, 1.82) is 0 Å². The lowest BCUT2D eigenvalue weighted by molar-refractivity contribution is 0.0527. The van der Waals surface area contributed by atoms with Crippen LogP contribution >= 0.6 is 11.6 Å². The van der Waals surface area contributed by atoms with Crippen molar-refractivity contribution in [3.05, 3.63) is 58.2 Å². The fourth-order valence-corrected chi connectivity index (χ4v) is 4.40. The van der Waals surface area contributed by atoms with Gasteiger partial charge in [0.05, 0.1) is 11.1 Å². The minimum absolute atomic E-state index is 0.226. The van der Waals surface area contributed by atoms with Crippen LogP contribution < -0.4 is 16.0 Å². The topological polar surface area (TPSA) is 119 Å². The molecule has 0 bridgehead atoms. The molecule has 10 heteroatoms. The zero-order valence-corrected chi connectivity index (χ0v) is 21.2. The largest absolute Gasteiger partial charge is 0.444 e. The number of hydrogen-bond acceptors (Lipinski definition) is 5. The predicted molar refractivity (Wildman–Crippen MR) is 136 cm³/mol. The van der Waals surface area contributed by atoms with Crippen LogP contribution in [0.4, 0.5) is 4.79 Å². The first-order valence-electron chi connectivity index (χ1n) is 11.5. The minimum Gasteiger partial charge on any atom is -0.444 e. The maximum absolute atomic E-state index is 12.9. The van der Waals surface area contributed by atoms with Crippen LogP contribution in [-0.4, -0.2) is 47.1 Å². The van der Waals surface area contributed by atoms with Gasteiger partial charge in [0.2, 0.25) is 0 Å². The molecule has 3 N–H and O–H groups in total. The third kappa shape index (κ3) is 4.92. The standard InChI is InChI=1S/C26H27ClN4O5/c1-26(2,3)36-25(35)29-11-7-10-28-22(32)19-13-16-18(31(19)4)12-15(14-8-5-6-9-17(14)27)20-21(16)24(34)30-23(20)33/h5-6,8-9,12-13H,7,10-11H2,1-4H3,(H,28,32)(H,29,35)(H,30,33,34). The second-order valence-corrected chi connectivity index (χ2v) is 9.90. The van der Waals surface area contributed by atoms with E-state index in [1.807, 2.05) is 0 Å². The summed E-state index contributed by atoms with van der Waals surface area (Å²) in [6, 6.07) is 10.5. The number of ether oxygens (including phenoxy) is 1. The predicted octanol–water partition coefficient (Wildman–Crippen LogP) is 4.03. The lowest BCUT2D eigenvalue weighted by atomic mass is 9.94. The molecular weight excluding hydrogens is 484 g/mol. The summed E-state index contributed by atoms with van der Waals surface area (Å²) in [6.07, 6.45) is -0.0174. The van der Waals surface area contributed by atoms with E-state index < -0.39 is 23.5 Å². The number of imide groups is 1. The quantitative estimate of drug-likeness (QED) is 0.342. The molecule has 0 aliphatic carbocycles. The Bertz CT molecular complexity index is 1400. The van der Waals surface area contributed by atoms with Crippen molar-refractivity contribution in [3.63, 3.8) is 0 Å². The van der Waals surface area contributed by atoms with E-state index in [1.165, 1.54) is 0 Å². The van der Waals surface area contributed by atoms with Crippen molar-refractivity contribution < 1.29 is 23.9 Å². The third-order valence-electron chi connectivity index (χ3n) is 5.73. The highest BCUT2D eigenvalue weighted by atomic mass is 35.5. The molecule has 0 unspecified atom stereocenters. The van der Waals surface area contributed by atoms with Gasteiger partial charge in [0.15, 0.2) is 0 Å². The third-order valence-corrected chi connectivity index (χ3v) is 6.06. The number of nitrogens with one attached hydrogen (secondary N) is 3. The summed E-state index contributed by atoms with van der Waals surface area (Å²) in [4.78, 5) is 50.1. The molecule has 0 saturated heterocycles. The second-order valence-electron chi connectivity index (χ2n) is 9.50. The Kier molecular flexibility index (Phi) is 6.77. The Labute approximate surface area is 213 Å². The number of hydrogen-bond donors (Lipinski definition) is 3. The Morgan fingerprint density at radius 2 is 1.67 bits per heavy atom. The zero-order chi connectivity index (χ0) is 26.2. The van der Waals surface area contributed by atoms with Crippen LogP contribution in [0, 0.1) is 0 Å². The van der Waals surface area contributed by atoms with Crippen molar-refractivity contribution >= 4 is 46.3 Å². The number of fused-ring (bicyclic) bond motifs is 3. The number of rotatable bonds is 6. The number of carbonyl (C=O) groups excluding carboxylic acids is 4. The molecule has 9 nitrogen and oxygen atoms in total. The number of benzene rings is 2. The highest BCUT2D eigenvalue weighted by Crippen LogP contribution is 2.39. The number of aromatic nitrogens is 1. The maximum Gasteiger partial charge on any atom is 0.407 e. The molecule has 1 aliphatic heterocycles. The first-order valence-corrected chi connectivity index (χ1v) is 11.9. The molecule has 0 fully saturated rings. The van der Waals surface area contributed by atoms with Crippen LogP contribution in [0.1, 0.15) is 58.4 Å². The molecule has 36 heavy (non-hydrogen) atoms. The molecule has 4 amide bonds. The lowest BCUT2D eigenvalue weighted by Gasteiger charge is -2.19. The summed E-state index contributed by atoms with van der Waals surface area (Å²) < 4.78 is 6.86. The van der Waals surface area contributed by atoms with Crippen LogP contribution in [0.2, 0.25) is 5.02 Å². The molecule has 0 radical (unpaired) electrons. The SMILES string of the molecule is Cn1c(C(=O)NCCCNC(=O)OC(C)(C)C)cc2c3c(c(-c4ccccc4Cl)cc21)C(=O)NC3=O. The van der Waals surface area contributed by atoms with E-state index in [9.17, 15) is 19.2 Å². The van der Waals surface area contributed by atoms with Crippen molar-refractivity contribution in [3.8, 4) is 11.1 Å². The van der Waals surface area contributed by atoms with Gasteiger partial charge in [0, 0.05) is 41.6 Å². The van der Waals surface area contributed by atoms with Crippen LogP contribution in [0.25, 0.3) is 22.0 Å². The molecule has 1 aliphatic rings. The summed E-state index contributed by atoms with van der Waals surface area (Å²) in [5.41, 5.74) is 1.97. The highest BCUT2D eigenvalue weighted by molar-refractivity contribution is 6.35. The summed E-state index contributed by atoms with van der Waals surface area (Å²) in [5, 5.41) is 8.77. The van der Waals surface area contributed by atoms with E-state index in [2.05, 4.69) is 16.0 Å². The summed E-state index contributed by atoms with van der Waals surface area (Å²) in [7, 11) is 1.72. The highest BCUT2D eigenvalue weighted by Gasteiger charge is 2.34. The molecule has 2 aromatic carbocycles. The van der Waals surface area contributed by atoms with Gasteiger partial charge in [-0.15, -0.1) is 0 Å². The summed E-state index contributed by atoms with van der Waals surface area (Å²) in [5.74, 6) is -1.36. The minimum atomic E-state index is -0.583. The van der Waals surface area contributed by atoms with Gasteiger partial charge in [0.1, 0.15) is 11.3 Å². The maximum atomic E-state index is 12.9. The average Bonchev–Trinajstić information content (AvgIpc) is 3.28. The van der Waals surface area contributed by atoms with Crippen LogP contribution in [-0.2, 0) is 11.8 Å². The number of nitrogens with zero attached hydrogens (tertiary/aromatic N) is 1. The molecule has 2 heterocycles. The van der Waals surface area contributed by atoms with E-state index in [4.69, 9.17) is 16.3 Å². The van der Waals surface area contributed by atoms with Crippen LogP contribution in [0.5, 0.6) is 0 Å². The van der Waals surface area contributed by atoms with Gasteiger partial charge in [-0.2, -0.15) is 0 Å². The Morgan fingerprint density at radius 1 is 1.00 bits per heavy atom. The summed E-state index contributed by atoms with van der Waals surface area (Å²) in [6.45, 7) is 5.99. The van der Waals surface area contributed by atoms with E-state index in [-0.39, 0.29) is 17.0 Å². The summed E-state index contributed by atoms with van der Waals surface area (Å²) >= 11 is 6.40. The number of alkyl carbamates (subject to hydrolysis) is 1. The molecule has 1 aromatic heterocycles. The molecule has 188 valence electrons. The Hall–Kier alpha value is -3.85. The fourth-order valence-electron chi connectivity index (χ4n) is 4.17. The molecule has 4 rings (SSSR count). The Morgan fingerprint density at radius 3 is 2.36 bits per heavy atom. The van der Waals surface area contributed by atoms with Crippen molar-refractivity contribution in [1.82, 2.24) is 20.5 Å². The first-order chi connectivity index (χ1) is 17.0. The average molecular weight is 511 g/mol. The molecule has 0 spiro atoms. The number of halogens is 1. The molecule has 3 aromatic rings. The lowest BCUT2D eigenvalue weighted by Crippen LogP contribution is -2.34. The molecule has 0 saturated carbocycles. The number of aryl methyl sites for hydroxylation is 1. The van der Waals surface area contributed by atoms with E-state index in [0.29, 0.717) is 52.3 Å². The molecular formula is C26H27ClN4O5. The second kappa shape index (κ2) is 9.66. The van der Waals surface area contributed by atoms with E-state index in [1.54, 1.807) is 68.8 Å². The normalized spacial score (nSPS) is 12.9. The first kappa shape index (κ1) is 25.2. The Balaban J connectivity index is 1.57. The van der Waals surface area contributed by atoms with Crippen molar-refractivity contribution in [2.45, 2.75) is 32.8 Å². The van der Waals surface area contributed by atoms with Crippen molar-refractivity contribution in [2.24, 2.45) is 7.05 Å². The number of amides is 4. The van der Waals surface area contributed by atoms with Crippen LogP contribution in [0.15, 0.2) is 36.4 Å². The van der Waals surface area contributed by atoms with Gasteiger partial charge >= 0.3 is 6.09 Å².